The number of nitrogens with zero attached hydrogens (tertiary/aromatic N) is 1. The van der Waals surface area contributed by atoms with Gasteiger partial charge in [0.05, 0.1) is 10.6 Å². The van der Waals surface area contributed by atoms with Crippen LogP contribution in [-0.2, 0) is 0 Å². The van der Waals surface area contributed by atoms with E-state index < -0.39 is 5.91 Å². The number of amides is 1. The topological polar surface area (TPSA) is 68.0 Å². The number of nitrogens with two attached hydrogens (primary N) is 1. The van der Waals surface area contributed by atoms with Gasteiger partial charge in [-0.2, -0.15) is 0 Å². The number of hydrogen-bond acceptors (Lipinski definition) is 3. The number of carbonyl (C=O) groups is 1. The maximum Gasteiger partial charge on any atom is 0.250 e. The van der Waals surface area contributed by atoms with Gasteiger partial charge in [-0.3, -0.25) is 4.79 Å². The van der Waals surface area contributed by atoms with Crippen LogP contribution in [0.25, 0.3) is 0 Å². The molecule has 1 amide bonds. The summed E-state index contributed by atoms with van der Waals surface area (Å²) in [6.07, 6.45) is 1.40. The SMILES string of the molecule is CCNc1cc(C(N)=O)c(Cl)cn1. The first-order valence-electron chi connectivity index (χ1n) is 3.84. The van der Waals surface area contributed by atoms with Crippen LogP contribution in [-0.4, -0.2) is 17.4 Å². The summed E-state index contributed by atoms with van der Waals surface area (Å²) >= 11 is 5.70. The molecule has 0 fully saturated rings. The van der Waals surface area contributed by atoms with Crippen LogP contribution in [0.3, 0.4) is 0 Å². The van der Waals surface area contributed by atoms with Crippen molar-refractivity contribution in [1.29, 1.82) is 0 Å². The number of carbonyl (C=O) groups excluding carboxylic acids is 1. The van der Waals surface area contributed by atoms with Gasteiger partial charge in [0.25, 0.3) is 0 Å². The Morgan fingerprint density at radius 1 is 1.77 bits per heavy atom. The highest BCUT2D eigenvalue weighted by Crippen LogP contribution is 2.16. The van der Waals surface area contributed by atoms with Crippen molar-refractivity contribution in [2.24, 2.45) is 5.73 Å². The van der Waals surface area contributed by atoms with Gasteiger partial charge in [0.1, 0.15) is 5.82 Å². The van der Waals surface area contributed by atoms with Crippen molar-refractivity contribution in [3.63, 3.8) is 0 Å². The minimum atomic E-state index is -0.549. The molecule has 0 aromatic carbocycles. The molecule has 70 valence electrons. The number of rotatable bonds is 3. The second kappa shape index (κ2) is 4.09. The zero-order valence-corrected chi connectivity index (χ0v) is 7.93. The third-order valence-corrected chi connectivity index (χ3v) is 1.78. The standard InChI is InChI=1S/C8H10ClN3O/c1-2-11-7-3-5(8(10)13)6(9)4-12-7/h3-4H,2H2,1H3,(H2,10,13)(H,11,12). The van der Waals surface area contributed by atoms with Gasteiger partial charge in [0, 0.05) is 12.7 Å². The van der Waals surface area contributed by atoms with Crippen molar-refractivity contribution in [3.05, 3.63) is 22.8 Å². The summed E-state index contributed by atoms with van der Waals surface area (Å²) in [6.45, 7) is 2.66. The van der Waals surface area contributed by atoms with E-state index in [0.29, 0.717) is 5.82 Å². The fraction of sp³-hybridized carbons (Fsp3) is 0.250. The number of pyridine rings is 1. The van der Waals surface area contributed by atoms with Gasteiger partial charge in [-0.05, 0) is 13.0 Å². The second-order valence-electron chi connectivity index (χ2n) is 2.44. The molecule has 0 spiro atoms. The monoisotopic (exact) mass is 199 g/mol. The lowest BCUT2D eigenvalue weighted by molar-refractivity contribution is 0.100. The minimum absolute atomic E-state index is 0.272. The Labute approximate surface area is 81.1 Å². The summed E-state index contributed by atoms with van der Waals surface area (Å²) in [5.41, 5.74) is 5.39. The van der Waals surface area contributed by atoms with Crippen molar-refractivity contribution in [3.8, 4) is 0 Å². The molecule has 1 rings (SSSR count). The first-order valence-corrected chi connectivity index (χ1v) is 4.22. The van der Waals surface area contributed by atoms with E-state index >= 15 is 0 Å². The lowest BCUT2D eigenvalue weighted by atomic mass is 10.2. The van der Waals surface area contributed by atoms with Crippen LogP contribution in [0.4, 0.5) is 5.82 Å². The van der Waals surface area contributed by atoms with Crippen molar-refractivity contribution in [2.75, 3.05) is 11.9 Å². The summed E-state index contributed by atoms with van der Waals surface area (Å²) in [4.78, 5) is 14.8. The maximum absolute atomic E-state index is 10.9. The van der Waals surface area contributed by atoms with Gasteiger partial charge in [-0.25, -0.2) is 4.98 Å². The van der Waals surface area contributed by atoms with Gasteiger partial charge < -0.3 is 11.1 Å². The predicted octanol–water partition coefficient (Wildman–Crippen LogP) is 1.27. The molecule has 5 heteroatoms. The Kier molecular flexibility index (Phi) is 3.08. The van der Waals surface area contributed by atoms with Gasteiger partial charge in [-0.15, -0.1) is 0 Å². The van der Waals surface area contributed by atoms with Gasteiger partial charge in [0.2, 0.25) is 5.91 Å². The number of aromatic nitrogens is 1. The Balaban J connectivity index is 3.04. The molecular weight excluding hydrogens is 190 g/mol. The van der Waals surface area contributed by atoms with E-state index in [1.54, 1.807) is 0 Å². The lowest BCUT2D eigenvalue weighted by Gasteiger charge is -2.04. The third-order valence-electron chi connectivity index (χ3n) is 1.48. The minimum Gasteiger partial charge on any atom is -0.370 e. The van der Waals surface area contributed by atoms with Crippen LogP contribution in [0.15, 0.2) is 12.3 Å². The smallest absolute Gasteiger partial charge is 0.250 e. The van der Waals surface area contributed by atoms with E-state index in [4.69, 9.17) is 17.3 Å². The molecule has 1 aromatic rings. The molecule has 4 nitrogen and oxygen atoms in total. The Hall–Kier alpha value is -1.29. The number of hydrogen-bond donors (Lipinski definition) is 2. The molecule has 0 atom stereocenters. The molecule has 1 heterocycles. The number of halogens is 1. The molecule has 0 saturated carbocycles. The summed E-state index contributed by atoms with van der Waals surface area (Å²) in [6, 6.07) is 1.54. The first kappa shape index (κ1) is 9.80. The van der Waals surface area contributed by atoms with Crippen molar-refractivity contribution in [1.82, 2.24) is 4.98 Å². The van der Waals surface area contributed by atoms with Gasteiger partial charge in [0.15, 0.2) is 0 Å². The number of anilines is 1. The van der Waals surface area contributed by atoms with Crippen LogP contribution < -0.4 is 11.1 Å². The summed E-state index contributed by atoms with van der Waals surface area (Å²) in [5, 5.41) is 3.22. The Morgan fingerprint density at radius 2 is 2.46 bits per heavy atom. The molecule has 0 aliphatic carbocycles. The van der Waals surface area contributed by atoms with Crippen molar-refractivity contribution >= 4 is 23.3 Å². The zero-order chi connectivity index (χ0) is 9.84. The van der Waals surface area contributed by atoms with Crippen LogP contribution in [0, 0.1) is 0 Å². The Bertz CT molecular complexity index is 327. The molecule has 0 unspecified atom stereocenters. The van der Waals surface area contributed by atoms with E-state index in [1.165, 1.54) is 12.3 Å². The fourth-order valence-corrected chi connectivity index (χ4v) is 1.10. The third kappa shape index (κ3) is 2.32. The Morgan fingerprint density at radius 3 is 3.00 bits per heavy atom. The fourth-order valence-electron chi connectivity index (χ4n) is 0.905. The highest BCUT2D eigenvalue weighted by molar-refractivity contribution is 6.33. The van der Waals surface area contributed by atoms with Crippen molar-refractivity contribution in [2.45, 2.75) is 6.92 Å². The normalized spacial score (nSPS) is 9.69. The number of primary amides is 1. The molecule has 0 saturated heterocycles. The largest absolute Gasteiger partial charge is 0.370 e. The zero-order valence-electron chi connectivity index (χ0n) is 7.17. The first-order chi connectivity index (χ1) is 6.15. The van der Waals surface area contributed by atoms with Crippen LogP contribution in [0.2, 0.25) is 5.02 Å². The average Bonchev–Trinajstić information content (AvgIpc) is 2.08. The molecule has 0 bridgehead atoms. The number of nitrogens with one attached hydrogen (secondary N) is 1. The van der Waals surface area contributed by atoms with Crippen LogP contribution in [0.5, 0.6) is 0 Å². The van der Waals surface area contributed by atoms with Crippen LogP contribution in [0.1, 0.15) is 17.3 Å². The molecule has 0 aliphatic rings. The molecule has 3 N–H and O–H groups in total. The van der Waals surface area contributed by atoms with E-state index in [1.807, 2.05) is 6.92 Å². The van der Waals surface area contributed by atoms with E-state index in [2.05, 4.69) is 10.3 Å². The molecule has 13 heavy (non-hydrogen) atoms. The highest BCUT2D eigenvalue weighted by atomic mass is 35.5. The van der Waals surface area contributed by atoms with Crippen LogP contribution >= 0.6 is 11.6 Å². The van der Waals surface area contributed by atoms with E-state index in [0.717, 1.165) is 6.54 Å². The second-order valence-corrected chi connectivity index (χ2v) is 2.85. The summed E-state index contributed by atoms with van der Waals surface area (Å²) < 4.78 is 0. The predicted molar refractivity (Wildman–Crippen MR) is 51.9 cm³/mol. The van der Waals surface area contributed by atoms with Gasteiger partial charge >= 0.3 is 0 Å². The molecule has 0 radical (unpaired) electrons. The van der Waals surface area contributed by atoms with E-state index in [-0.39, 0.29) is 10.6 Å². The summed E-state index contributed by atoms with van der Waals surface area (Å²) in [5.74, 6) is 0.0484. The quantitative estimate of drug-likeness (QED) is 0.770. The van der Waals surface area contributed by atoms with Crippen molar-refractivity contribution < 1.29 is 4.79 Å². The summed E-state index contributed by atoms with van der Waals surface area (Å²) in [7, 11) is 0. The lowest BCUT2D eigenvalue weighted by Crippen LogP contribution is -2.12. The molecule has 1 aromatic heterocycles. The molecular formula is C8H10ClN3O. The van der Waals surface area contributed by atoms with E-state index in [9.17, 15) is 4.79 Å². The highest BCUT2D eigenvalue weighted by Gasteiger charge is 2.07. The molecule has 0 aliphatic heterocycles. The maximum atomic E-state index is 10.9. The van der Waals surface area contributed by atoms with Gasteiger partial charge in [-0.1, -0.05) is 11.6 Å². The average molecular weight is 200 g/mol.